The van der Waals surface area contributed by atoms with Crippen LogP contribution >= 0.6 is 11.6 Å². The smallest absolute Gasteiger partial charge is 0.132 e. The number of rotatable bonds is 3. The zero-order chi connectivity index (χ0) is 14.7. The Morgan fingerprint density at radius 3 is 2.71 bits per heavy atom. The van der Waals surface area contributed by atoms with Gasteiger partial charge in [-0.05, 0) is 30.2 Å². The van der Waals surface area contributed by atoms with Crippen LogP contribution in [0.3, 0.4) is 0 Å². The van der Waals surface area contributed by atoms with Gasteiger partial charge in [-0.25, -0.2) is 4.98 Å². The van der Waals surface area contributed by atoms with Gasteiger partial charge < -0.3 is 4.98 Å². The normalized spacial score (nSPS) is 12.4. The highest BCUT2D eigenvalue weighted by Crippen LogP contribution is 2.22. The summed E-state index contributed by atoms with van der Waals surface area (Å²) in [7, 11) is 0. The van der Waals surface area contributed by atoms with Gasteiger partial charge in [-0.3, -0.25) is 0 Å². The Morgan fingerprint density at radius 2 is 1.95 bits per heavy atom. The van der Waals surface area contributed by atoms with E-state index in [9.17, 15) is 0 Å². The molecule has 3 rings (SSSR count). The van der Waals surface area contributed by atoms with Crippen molar-refractivity contribution in [3.8, 4) is 0 Å². The van der Waals surface area contributed by atoms with Crippen LogP contribution in [0.5, 0.6) is 0 Å². The van der Waals surface area contributed by atoms with Gasteiger partial charge in [0.15, 0.2) is 0 Å². The van der Waals surface area contributed by atoms with Crippen LogP contribution in [0, 0.1) is 0 Å². The summed E-state index contributed by atoms with van der Waals surface area (Å²) < 4.78 is 0. The van der Waals surface area contributed by atoms with E-state index in [1.807, 2.05) is 55.5 Å². The Hall–Kier alpha value is -2.32. The molecule has 0 aliphatic heterocycles. The topological polar surface area (TPSA) is 28.7 Å². The molecule has 3 heteroatoms. The number of nitrogens with one attached hydrogen (secondary N) is 1. The molecule has 1 N–H and O–H groups in total. The third kappa shape index (κ3) is 3.06. The number of aromatic nitrogens is 2. The minimum atomic E-state index is 0.670. The van der Waals surface area contributed by atoms with Crippen LogP contribution in [0.1, 0.15) is 23.9 Å². The summed E-state index contributed by atoms with van der Waals surface area (Å²) in [5.41, 5.74) is 4.07. The van der Waals surface area contributed by atoms with Crippen molar-refractivity contribution in [2.75, 3.05) is 0 Å². The molecule has 21 heavy (non-hydrogen) atoms. The minimum absolute atomic E-state index is 0.670. The average molecular weight is 295 g/mol. The van der Waals surface area contributed by atoms with Crippen molar-refractivity contribution in [3.05, 3.63) is 71.6 Å². The number of H-pyrrole nitrogens is 1. The lowest BCUT2D eigenvalue weighted by Gasteiger charge is -1.96. The lowest BCUT2D eigenvalue weighted by molar-refractivity contribution is 1.29. The fourth-order valence-corrected chi connectivity index (χ4v) is 2.44. The molecule has 0 spiro atoms. The zero-order valence-corrected chi connectivity index (χ0v) is 12.4. The molecule has 0 saturated heterocycles. The van der Waals surface area contributed by atoms with Crippen molar-refractivity contribution in [2.24, 2.45) is 0 Å². The zero-order valence-electron chi connectivity index (χ0n) is 11.7. The Labute approximate surface area is 128 Å². The van der Waals surface area contributed by atoms with Crippen LogP contribution < -0.4 is 0 Å². The summed E-state index contributed by atoms with van der Waals surface area (Å²) >= 11 is 6.34. The standard InChI is InChI=1S/C18H15ClN2/c1-2-6-13-9-10-16-17(11-13)21-18(20-16)12-15(19)14-7-4-3-5-8-14/h2-12H,1H3,(H,20,21)/b6-2-,15-12-. The third-order valence-corrected chi connectivity index (χ3v) is 3.52. The molecule has 0 aliphatic rings. The Morgan fingerprint density at radius 1 is 1.14 bits per heavy atom. The van der Waals surface area contributed by atoms with Crippen molar-refractivity contribution in [2.45, 2.75) is 6.92 Å². The molecule has 2 aromatic carbocycles. The molecule has 1 aromatic heterocycles. The predicted molar refractivity (Wildman–Crippen MR) is 91.0 cm³/mol. The van der Waals surface area contributed by atoms with E-state index in [1.54, 1.807) is 0 Å². The first kappa shape index (κ1) is 13.7. The van der Waals surface area contributed by atoms with Gasteiger partial charge in [-0.2, -0.15) is 0 Å². The molecule has 3 aromatic rings. The summed E-state index contributed by atoms with van der Waals surface area (Å²) in [4.78, 5) is 7.84. The molecule has 0 aliphatic carbocycles. The molecule has 0 amide bonds. The van der Waals surface area contributed by atoms with Crippen molar-refractivity contribution in [1.82, 2.24) is 9.97 Å². The van der Waals surface area contributed by atoms with E-state index in [-0.39, 0.29) is 0 Å². The lowest BCUT2D eigenvalue weighted by atomic mass is 10.2. The Balaban J connectivity index is 1.98. The van der Waals surface area contributed by atoms with Crippen molar-refractivity contribution in [3.63, 3.8) is 0 Å². The van der Waals surface area contributed by atoms with Gasteiger partial charge in [0.2, 0.25) is 0 Å². The van der Waals surface area contributed by atoms with Crippen LogP contribution in [-0.4, -0.2) is 9.97 Å². The molecule has 0 bridgehead atoms. The maximum Gasteiger partial charge on any atom is 0.132 e. The second-order valence-electron chi connectivity index (χ2n) is 4.76. The van der Waals surface area contributed by atoms with Gasteiger partial charge in [-0.15, -0.1) is 0 Å². The van der Waals surface area contributed by atoms with E-state index in [2.05, 4.69) is 28.2 Å². The molecule has 0 atom stereocenters. The SMILES string of the molecule is C/C=C\c1ccc2[nH]c(/C=C(\Cl)c3ccccc3)nc2c1. The Kier molecular flexibility index (Phi) is 3.89. The number of halogens is 1. The number of hydrogen-bond donors (Lipinski definition) is 1. The van der Waals surface area contributed by atoms with Gasteiger partial charge in [0.25, 0.3) is 0 Å². The van der Waals surface area contributed by atoms with E-state index in [0.29, 0.717) is 5.03 Å². The molecular weight excluding hydrogens is 280 g/mol. The van der Waals surface area contributed by atoms with Crippen LogP contribution in [0.4, 0.5) is 0 Å². The van der Waals surface area contributed by atoms with E-state index in [4.69, 9.17) is 11.6 Å². The molecular formula is C18H15ClN2. The molecule has 1 heterocycles. The first-order valence-corrected chi connectivity index (χ1v) is 7.19. The molecule has 0 fully saturated rings. The molecule has 104 valence electrons. The number of aromatic amines is 1. The highest BCUT2D eigenvalue weighted by molar-refractivity contribution is 6.51. The Bertz CT molecular complexity index is 814. The number of allylic oxidation sites excluding steroid dienone is 1. The molecule has 0 radical (unpaired) electrons. The second-order valence-corrected chi connectivity index (χ2v) is 5.16. The third-order valence-electron chi connectivity index (χ3n) is 3.20. The van der Waals surface area contributed by atoms with Crippen LogP contribution in [0.25, 0.3) is 28.2 Å². The van der Waals surface area contributed by atoms with Crippen molar-refractivity contribution >= 4 is 39.8 Å². The second kappa shape index (κ2) is 5.98. The highest BCUT2D eigenvalue weighted by Gasteiger charge is 2.03. The van der Waals surface area contributed by atoms with E-state index < -0.39 is 0 Å². The maximum absolute atomic E-state index is 6.34. The predicted octanol–water partition coefficient (Wildman–Crippen LogP) is 5.33. The fraction of sp³-hybridized carbons (Fsp3) is 0.0556. The largest absolute Gasteiger partial charge is 0.338 e. The van der Waals surface area contributed by atoms with Crippen LogP contribution in [0.15, 0.2) is 54.6 Å². The number of fused-ring (bicyclic) bond motifs is 1. The van der Waals surface area contributed by atoms with Crippen molar-refractivity contribution < 1.29 is 0 Å². The van der Waals surface area contributed by atoms with Crippen molar-refractivity contribution in [1.29, 1.82) is 0 Å². The number of nitrogens with zero attached hydrogens (tertiary/aromatic N) is 1. The van der Waals surface area contributed by atoms with E-state index >= 15 is 0 Å². The monoisotopic (exact) mass is 294 g/mol. The van der Waals surface area contributed by atoms with Gasteiger partial charge >= 0.3 is 0 Å². The fourth-order valence-electron chi connectivity index (χ4n) is 2.21. The number of hydrogen-bond acceptors (Lipinski definition) is 1. The van der Waals surface area contributed by atoms with Gasteiger partial charge in [0.05, 0.1) is 16.1 Å². The average Bonchev–Trinajstić information content (AvgIpc) is 2.90. The summed E-state index contributed by atoms with van der Waals surface area (Å²) in [5, 5.41) is 0.670. The first-order chi connectivity index (χ1) is 10.3. The van der Waals surface area contributed by atoms with E-state index in [0.717, 1.165) is 28.0 Å². The van der Waals surface area contributed by atoms with Crippen LogP contribution in [-0.2, 0) is 0 Å². The molecule has 0 saturated carbocycles. The maximum atomic E-state index is 6.34. The number of imidazole rings is 1. The van der Waals surface area contributed by atoms with E-state index in [1.165, 1.54) is 0 Å². The summed E-state index contributed by atoms with van der Waals surface area (Å²) in [6, 6.07) is 16.0. The summed E-state index contributed by atoms with van der Waals surface area (Å²) in [6.45, 7) is 2.00. The van der Waals surface area contributed by atoms with Crippen LogP contribution in [0.2, 0.25) is 0 Å². The minimum Gasteiger partial charge on any atom is -0.338 e. The first-order valence-electron chi connectivity index (χ1n) is 6.81. The summed E-state index contributed by atoms with van der Waals surface area (Å²) in [6.07, 6.45) is 5.92. The summed E-state index contributed by atoms with van der Waals surface area (Å²) in [5.74, 6) is 0.761. The molecule has 0 unspecified atom stereocenters. The van der Waals surface area contributed by atoms with Gasteiger partial charge in [0.1, 0.15) is 5.82 Å². The highest BCUT2D eigenvalue weighted by atomic mass is 35.5. The van der Waals surface area contributed by atoms with Gasteiger partial charge in [0, 0.05) is 6.08 Å². The quantitative estimate of drug-likeness (QED) is 0.694. The van der Waals surface area contributed by atoms with Gasteiger partial charge in [-0.1, -0.05) is 60.2 Å². The molecule has 2 nitrogen and oxygen atoms in total. The lowest BCUT2D eigenvalue weighted by Crippen LogP contribution is -1.78. The number of benzene rings is 2.